The van der Waals surface area contributed by atoms with E-state index in [-0.39, 0.29) is 17.7 Å². The van der Waals surface area contributed by atoms with Gasteiger partial charge < -0.3 is 15.4 Å². The van der Waals surface area contributed by atoms with Gasteiger partial charge in [-0.2, -0.15) is 0 Å². The predicted molar refractivity (Wildman–Crippen MR) is 61.7 cm³/mol. The van der Waals surface area contributed by atoms with E-state index in [4.69, 9.17) is 4.74 Å². The standard InChI is InChI=1S/C12H15FN2O2/c1-17-11-3-2-8(6-10(11)13)12(16)15-9-4-5-14-7-9/h2-3,6,9,14H,4-5,7H2,1H3,(H,15,16)/t9-/m0/s1. The third kappa shape index (κ3) is 2.74. The third-order valence-corrected chi connectivity index (χ3v) is 2.81. The van der Waals surface area contributed by atoms with Crippen LogP contribution in [0.25, 0.3) is 0 Å². The van der Waals surface area contributed by atoms with Crippen molar-refractivity contribution in [3.63, 3.8) is 0 Å². The first-order chi connectivity index (χ1) is 8.20. The Morgan fingerprint density at radius 3 is 3.00 bits per heavy atom. The molecule has 0 radical (unpaired) electrons. The van der Waals surface area contributed by atoms with Gasteiger partial charge in [-0.05, 0) is 31.2 Å². The second-order valence-corrected chi connectivity index (χ2v) is 4.01. The number of hydrogen-bond donors (Lipinski definition) is 2. The lowest BCUT2D eigenvalue weighted by atomic mass is 10.1. The molecule has 0 spiro atoms. The van der Waals surface area contributed by atoms with Crippen molar-refractivity contribution in [2.45, 2.75) is 12.5 Å². The second kappa shape index (κ2) is 5.14. The number of nitrogens with one attached hydrogen (secondary N) is 2. The minimum atomic E-state index is -0.523. The molecule has 1 atom stereocenters. The van der Waals surface area contributed by atoms with Gasteiger partial charge in [0, 0.05) is 18.2 Å². The molecule has 1 heterocycles. The normalized spacial score (nSPS) is 19.1. The molecule has 2 N–H and O–H groups in total. The lowest BCUT2D eigenvalue weighted by Gasteiger charge is -2.11. The molecule has 1 saturated heterocycles. The Morgan fingerprint density at radius 2 is 2.41 bits per heavy atom. The van der Waals surface area contributed by atoms with Crippen LogP contribution in [-0.4, -0.2) is 32.1 Å². The maximum Gasteiger partial charge on any atom is 0.251 e. The topological polar surface area (TPSA) is 50.4 Å². The Kier molecular flexibility index (Phi) is 3.58. The third-order valence-electron chi connectivity index (χ3n) is 2.81. The van der Waals surface area contributed by atoms with E-state index in [1.807, 2.05) is 0 Å². The van der Waals surface area contributed by atoms with Gasteiger partial charge >= 0.3 is 0 Å². The summed E-state index contributed by atoms with van der Waals surface area (Å²) < 4.78 is 18.2. The van der Waals surface area contributed by atoms with E-state index in [9.17, 15) is 9.18 Å². The van der Waals surface area contributed by atoms with Gasteiger partial charge in [-0.25, -0.2) is 4.39 Å². The Labute approximate surface area is 99.2 Å². The van der Waals surface area contributed by atoms with Crippen LogP contribution < -0.4 is 15.4 Å². The van der Waals surface area contributed by atoms with Gasteiger partial charge in [0.25, 0.3) is 5.91 Å². The molecule has 92 valence electrons. The number of carbonyl (C=O) groups is 1. The van der Waals surface area contributed by atoms with Gasteiger partial charge in [-0.1, -0.05) is 0 Å². The molecule has 1 aromatic rings. The zero-order chi connectivity index (χ0) is 12.3. The molecule has 2 rings (SSSR count). The van der Waals surface area contributed by atoms with Crippen molar-refractivity contribution in [2.75, 3.05) is 20.2 Å². The summed E-state index contributed by atoms with van der Waals surface area (Å²) in [5.41, 5.74) is 0.315. The van der Waals surface area contributed by atoms with Crippen molar-refractivity contribution in [2.24, 2.45) is 0 Å². The van der Waals surface area contributed by atoms with Crippen molar-refractivity contribution in [1.29, 1.82) is 0 Å². The molecule has 4 nitrogen and oxygen atoms in total. The quantitative estimate of drug-likeness (QED) is 0.823. The van der Waals surface area contributed by atoms with Gasteiger partial charge in [-0.3, -0.25) is 4.79 Å². The molecule has 1 fully saturated rings. The fourth-order valence-corrected chi connectivity index (χ4v) is 1.85. The van der Waals surface area contributed by atoms with Crippen molar-refractivity contribution in [1.82, 2.24) is 10.6 Å². The highest BCUT2D eigenvalue weighted by atomic mass is 19.1. The monoisotopic (exact) mass is 238 g/mol. The maximum atomic E-state index is 13.4. The van der Waals surface area contributed by atoms with Crippen LogP contribution in [0.5, 0.6) is 5.75 Å². The average molecular weight is 238 g/mol. The summed E-state index contributed by atoms with van der Waals surface area (Å²) >= 11 is 0. The molecule has 1 aliphatic rings. The fourth-order valence-electron chi connectivity index (χ4n) is 1.85. The summed E-state index contributed by atoms with van der Waals surface area (Å²) in [6.45, 7) is 1.67. The maximum absolute atomic E-state index is 13.4. The van der Waals surface area contributed by atoms with Gasteiger partial charge in [0.1, 0.15) is 0 Å². The highest BCUT2D eigenvalue weighted by Gasteiger charge is 2.18. The highest BCUT2D eigenvalue weighted by molar-refractivity contribution is 5.94. The summed E-state index contributed by atoms with van der Waals surface area (Å²) in [6.07, 6.45) is 0.907. The van der Waals surface area contributed by atoms with Crippen LogP contribution in [0.2, 0.25) is 0 Å². The second-order valence-electron chi connectivity index (χ2n) is 4.01. The van der Waals surface area contributed by atoms with Crippen LogP contribution in [0, 0.1) is 5.82 Å². The number of rotatable bonds is 3. The molecular weight excluding hydrogens is 223 g/mol. The zero-order valence-corrected chi connectivity index (χ0v) is 9.63. The first-order valence-electron chi connectivity index (χ1n) is 5.56. The van der Waals surface area contributed by atoms with Crippen LogP contribution >= 0.6 is 0 Å². The number of halogens is 1. The van der Waals surface area contributed by atoms with Gasteiger partial charge in [0.05, 0.1) is 7.11 Å². The molecule has 5 heteroatoms. The molecule has 17 heavy (non-hydrogen) atoms. The smallest absolute Gasteiger partial charge is 0.251 e. The Hall–Kier alpha value is -1.62. The largest absolute Gasteiger partial charge is 0.494 e. The molecule has 1 aromatic carbocycles. The van der Waals surface area contributed by atoms with Crippen LogP contribution in [0.4, 0.5) is 4.39 Å². The molecular formula is C12H15FN2O2. The first-order valence-corrected chi connectivity index (χ1v) is 5.56. The van der Waals surface area contributed by atoms with Gasteiger partial charge in [0.15, 0.2) is 11.6 Å². The molecule has 1 amide bonds. The Morgan fingerprint density at radius 1 is 1.59 bits per heavy atom. The van der Waals surface area contributed by atoms with E-state index >= 15 is 0 Å². The lowest BCUT2D eigenvalue weighted by molar-refractivity contribution is 0.0939. The molecule has 0 bridgehead atoms. The Bertz CT molecular complexity index is 417. The SMILES string of the molecule is COc1ccc(C(=O)N[C@H]2CCNC2)cc1F. The van der Waals surface area contributed by atoms with Crippen molar-refractivity contribution < 1.29 is 13.9 Å². The van der Waals surface area contributed by atoms with E-state index < -0.39 is 5.82 Å². The molecule has 1 aliphatic heterocycles. The summed E-state index contributed by atoms with van der Waals surface area (Å²) in [6, 6.07) is 4.33. The lowest BCUT2D eigenvalue weighted by Crippen LogP contribution is -2.36. The predicted octanol–water partition coefficient (Wildman–Crippen LogP) is 0.926. The van der Waals surface area contributed by atoms with Crippen LogP contribution in [-0.2, 0) is 0 Å². The van der Waals surface area contributed by atoms with E-state index in [0.29, 0.717) is 5.56 Å². The van der Waals surface area contributed by atoms with E-state index in [2.05, 4.69) is 10.6 Å². The fraction of sp³-hybridized carbons (Fsp3) is 0.417. The van der Waals surface area contributed by atoms with Crippen molar-refractivity contribution in [3.05, 3.63) is 29.6 Å². The number of amides is 1. The minimum absolute atomic E-state index is 0.132. The summed E-state index contributed by atoms with van der Waals surface area (Å²) in [4.78, 5) is 11.8. The van der Waals surface area contributed by atoms with Crippen molar-refractivity contribution >= 4 is 5.91 Å². The summed E-state index contributed by atoms with van der Waals surface area (Å²) in [7, 11) is 1.39. The number of ether oxygens (including phenoxy) is 1. The Balaban J connectivity index is 2.05. The van der Waals surface area contributed by atoms with Gasteiger partial charge in [-0.15, -0.1) is 0 Å². The number of methoxy groups -OCH3 is 1. The molecule has 0 unspecified atom stereocenters. The minimum Gasteiger partial charge on any atom is -0.494 e. The summed E-state index contributed by atoms with van der Waals surface area (Å²) in [5, 5.41) is 6.00. The summed E-state index contributed by atoms with van der Waals surface area (Å²) in [5.74, 6) is -0.631. The van der Waals surface area contributed by atoms with E-state index in [1.165, 1.54) is 19.2 Å². The first kappa shape index (κ1) is 11.9. The van der Waals surface area contributed by atoms with Crippen molar-refractivity contribution in [3.8, 4) is 5.75 Å². The van der Waals surface area contributed by atoms with Crippen LogP contribution in [0.15, 0.2) is 18.2 Å². The number of carbonyl (C=O) groups excluding carboxylic acids is 1. The number of benzene rings is 1. The number of hydrogen-bond acceptors (Lipinski definition) is 3. The highest BCUT2D eigenvalue weighted by Crippen LogP contribution is 2.17. The molecule has 0 aliphatic carbocycles. The molecule has 0 saturated carbocycles. The van der Waals surface area contributed by atoms with Crippen LogP contribution in [0.3, 0.4) is 0 Å². The zero-order valence-electron chi connectivity index (χ0n) is 9.63. The average Bonchev–Trinajstić information content (AvgIpc) is 2.81. The van der Waals surface area contributed by atoms with E-state index in [0.717, 1.165) is 19.5 Å². The van der Waals surface area contributed by atoms with E-state index in [1.54, 1.807) is 6.07 Å². The van der Waals surface area contributed by atoms with Crippen LogP contribution in [0.1, 0.15) is 16.8 Å². The molecule has 0 aromatic heterocycles. The van der Waals surface area contributed by atoms with Gasteiger partial charge in [0.2, 0.25) is 0 Å².